The predicted molar refractivity (Wildman–Crippen MR) is 68.4 cm³/mol. The van der Waals surface area contributed by atoms with Gasteiger partial charge in [0.1, 0.15) is 5.75 Å². The Morgan fingerprint density at radius 2 is 2.05 bits per heavy atom. The van der Waals surface area contributed by atoms with Crippen LogP contribution in [0.2, 0.25) is 0 Å². The third-order valence-corrected chi connectivity index (χ3v) is 3.48. The second-order valence-corrected chi connectivity index (χ2v) is 4.81. The summed E-state index contributed by atoms with van der Waals surface area (Å²) in [6.45, 7) is 0.770. The van der Waals surface area contributed by atoms with Crippen molar-refractivity contribution in [1.29, 1.82) is 0 Å². The molecule has 2 heterocycles. The number of aliphatic carboxylic acids is 1. The molecule has 3 N–H and O–H groups in total. The van der Waals surface area contributed by atoms with Crippen molar-refractivity contribution in [3.05, 3.63) is 24.0 Å². The second kappa shape index (κ2) is 5.87. The molecule has 1 saturated heterocycles. The number of nitrogens with one attached hydrogen (secondary N) is 1. The largest absolute Gasteiger partial charge is 0.506 e. The number of amides is 1. The number of carbonyl (C=O) groups excluding carboxylic acids is 1. The van der Waals surface area contributed by atoms with Gasteiger partial charge in [0.15, 0.2) is 0 Å². The molecule has 0 atom stereocenters. The molecule has 1 aromatic rings. The molecule has 20 heavy (non-hydrogen) atoms. The second-order valence-electron chi connectivity index (χ2n) is 4.81. The highest BCUT2D eigenvalue weighted by Gasteiger charge is 2.40. The van der Waals surface area contributed by atoms with Crippen molar-refractivity contribution in [2.75, 3.05) is 19.8 Å². The Morgan fingerprint density at radius 3 is 2.65 bits per heavy atom. The van der Waals surface area contributed by atoms with Gasteiger partial charge >= 0.3 is 5.97 Å². The van der Waals surface area contributed by atoms with Gasteiger partial charge in [-0.1, -0.05) is 0 Å². The average molecular weight is 280 g/mol. The van der Waals surface area contributed by atoms with Crippen molar-refractivity contribution in [3.8, 4) is 5.75 Å². The minimum Gasteiger partial charge on any atom is -0.506 e. The lowest BCUT2D eigenvalue weighted by molar-refractivity contribution is -0.154. The van der Waals surface area contributed by atoms with E-state index in [1.54, 1.807) is 0 Å². The number of aromatic hydroxyl groups is 1. The summed E-state index contributed by atoms with van der Waals surface area (Å²) in [5.41, 5.74) is -0.796. The van der Waals surface area contributed by atoms with E-state index in [2.05, 4.69) is 10.3 Å². The summed E-state index contributed by atoms with van der Waals surface area (Å²) < 4.78 is 5.16. The summed E-state index contributed by atoms with van der Waals surface area (Å²) in [5, 5.41) is 21.2. The van der Waals surface area contributed by atoms with E-state index in [-0.39, 0.29) is 17.9 Å². The minimum absolute atomic E-state index is 0.0280. The first kappa shape index (κ1) is 14.3. The number of pyridine rings is 1. The summed E-state index contributed by atoms with van der Waals surface area (Å²) in [5.74, 6) is -1.51. The Bertz CT molecular complexity index is 511. The van der Waals surface area contributed by atoms with Crippen LogP contribution < -0.4 is 5.32 Å². The summed E-state index contributed by atoms with van der Waals surface area (Å²) in [7, 11) is 0. The molecule has 0 unspecified atom stereocenters. The smallest absolute Gasteiger partial charge is 0.311 e. The molecule has 1 aliphatic heterocycles. The van der Waals surface area contributed by atoms with Crippen LogP contribution in [0.25, 0.3) is 0 Å². The fraction of sp³-hybridized carbons (Fsp3) is 0.462. The van der Waals surface area contributed by atoms with Crippen LogP contribution >= 0.6 is 0 Å². The Kier molecular flexibility index (Phi) is 4.19. The topological polar surface area (TPSA) is 109 Å². The van der Waals surface area contributed by atoms with Crippen molar-refractivity contribution in [2.24, 2.45) is 5.41 Å². The van der Waals surface area contributed by atoms with Crippen LogP contribution in [0, 0.1) is 5.41 Å². The van der Waals surface area contributed by atoms with Crippen LogP contribution in [-0.4, -0.2) is 46.8 Å². The van der Waals surface area contributed by atoms with Crippen LogP contribution in [0.3, 0.4) is 0 Å². The van der Waals surface area contributed by atoms with Crippen LogP contribution in [0.4, 0.5) is 0 Å². The van der Waals surface area contributed by atoms with Crippen molar-refractivity contribution < 1.29 is 24.5 Å². The molecular formula is C13H16N2O5. The highest BCUT2D eigenvalue weighted by molar-refractivity contribution is 5.94. The van der Waals surface area contributed by atoms with Crippen LogP contribution in [0.5, 0.6) is 5.75 Å². The molecule has 0 saturated carbocycles. The summed E-state index contributed by atoms with van der Waals surface area (Å²) >= 11 is 0. The highest BCUT2D eigenvalue weighted by Crippen LogP contribution is 2.30. The number of carbonyl (C=O) groups is 2. The number of carboxylic acid groups (broad SMARTS) is 1. The van der Waals surface area contributed by atoms with Crippen molar-refractivity contribution >= 4 is 11.9 Å². The zero-order chi connectivity index (χ0) is 14.6. The fourth-order valence-electron chi connectivity index (χ4n) is 2.13. The van der Waals surface area contributed by atoms with E-state index in [0.29, 0.717) is 26.1 Å². The molecule has 1 aromatic heterocycles. The molecule has 1 amide bonds. The summed E-state index contributed by atoms with van der Waals surface area (Å²) in [6, 6.07) is 1.28. The maximum atomic E-state index is 11.9. The van der Waals surface area contributed by atoms with Crippen molar-refractivity contribution in [2.45, 2.75) is 12.8 Å². The zero-order valence-electron chi connectivity index (χ0n) is 10.8. The minimum atomic E-state index is -0.988. The van der Waals surface area contributed by atoms with E-state index < -0.39 is 17.3 Å². The van der Waals surface area contributed by atoms with Gasteiger partial charge in [-0.25, -0.2) is 0 Å². The number of carboxylic acids is 1. The Hall–Kier alpha value is -2.15. The molecule has 0 spiro atoms. The van der Waals surface area contributed by atoms with E-state index >= 15 is 0 Å². The van der Waals surface area contributed by atoms with E-state index in [1.807, 2.05) is 0 Å². The Balaban J connectivity index is 2.02. The van der Waals surface area contributed by atoms with Gasteiger partial charge in [0.05, 0.1) is 17.2 Å². The summed E-state index contributed by atoms with van der Waals surface area (Å²) in [4.78, 5) is 27.0. The van der Waals surface area contributed by atoms with Crippen molar-refractivity contribution in [1.82, 2.24) is 10.3 Å². The summed E-state index contributed by atoms with van der Waals surface area (Å²) in [6.07, 6.45) is 3.25. The van der Waals surface area contributed by atoms with Crippen LogP contribution in [0.15, 0.2) is 18.5 Å². The lowest BCUT2D eigenvalue weighted by Gasteiger charge is -2.33. The van der Waals surface area contributed by atoms with Gasteiger partial charge < -0.3 is 20.3 Å². The lowest BCUT2D eigenvalue weighted by atomic mass is 9.80. The molecule has 7 nitrogen and oxygen atoms in total. The first-order valence-electron chi connectivity index (χ1n) is 6.27. The molecule has 0 aliphatic carbocycles. The van der Waals surface area contributed by atoms with Crippen LogP contribution in [0.1, 0.15) is 23.2 Å². The highest BCUT2D eigenvalue weighted by atomic mass is 16.5. The molecule has 108 valence electrons. The molecule has 1 fully saturated rings. The molecule has 0 aromatic carbocycles. The van der Waals surface area contributed by atoms with Gasteiger partial charge in [-0.3, -0.25) is 14.6 Å². The monoisotopic (exact) mass is 280 g/mol. The van der Waals surface area contributed by atoms with Crippen LogP contribution in [-0.2, 0) is 9.53 Å². The van der Waals surface area contributed by atoms with Gasteiger partial charge in [-0.2, -0.15) is 0 Å². The standard InChI is InChI=1S/C13H16N2O5/c16-10-5-9(6-14-7-10)11(17)15-8-13(12(18)19)1-3-20-4-2-13/h5-7,16H,1-4,8H2,(H,15,17)(H,18,19). The lowest BCUT2D eigenvalue weighted by Crippen LogP contribution is -2.46. The predicted octanol–water partition coefficient (Wildman–Crippen LogP) is 0.398. The van der Waals surface area contributed by atoms with E-state index in [4.69, 9.17) is 4.74 Å². The zero-order valence-corrected chi connectivity index (χ0v) is 10.8. The number of rotatable bonds is 4. The molecule has 0 bridgehead atoms. The third kappa shape index (κ3) is 3.05. The van der Waals surface area contributed by atoms with E-state index in [1.165, 1.54) is 18.5 Å². The first-order chi connectivity index (χ1) is 9.53. The third-order valence-electron chi connectivity index (χ3n) is 3.48. The average Bonchev–Trinajstić information content (AvgIpc) is 2.45. The SMILES string of the molecule is O=C(NCC1(C(=O)O)CCOCC1)c1cncc(O)c1. The van der Waals surface area contributed by atoms with Gasteiger partial charge in [-0.15, -0.1) is 0 Å². The molecule has 2 rings (SSSR count). The fourth-order valence-corrected chi connectivity index (χ4v) is 2.13. The maximum absolute atomic E-state index is 11.9. The number of hydrogen-bond donors (Lipinski definition) is 3. The normalized spacial score (nSPS) is 17.4. The van der Waals surface area contributed by atoms with Gasteiger partial charge in [-0.05, 0) is 18.9 Å². The molecule has 1 aliphatic rings. The number of ether oxygens (including phenoxy) is 1. The molecule has 0 radical (unpaired) electrons. The molecule has 7 heteroatoms. The number of hydrogen-bond acceptors (Lipinski definition) is 5. The Morgan fingerprint density at radius 1 is 1.35 bits per heavy atom. The van der Waals surface area contributed by atoms with Gasteiger partial charge in [0.25, 0.3) is 5.91 Å². The van der Waals surface area contributed by atoms with Crippen molar-refractivity contribution in [3.63, 3.8) is 0 Å². The van der Waals surface area contributed by atoms with Gasteiger partial charge in [0, 0.05) is 26.0 Å². The Labute approximate surface area is 115 Å². The quantitative estimate of drug-likeness (QED) is 0.736. The van der Waals surface area contributed by atoms with Gasteiger partial charge in [0.2, 0.25) is 0 Å². The number of nitrogens with zero attached hydrogens (tertiary/aromatic N) is 1. The van der Waals surface area contributed by atoms with E-state index in [9.17, 15) is 19.8 Å². The first-order valence-corrected chi connectivity index (χ1v) is 6.27. The van der Waals surface area contributed by atoms with E-state index in [0.717, 1.165) is 0 Å². The molecular weight excluding hydrogens is 264 g/mol. The number of aromatic nitrogens is 1. The maximum Gasteiger partial charge on any atom is 0.311 e.